The van der Waals surface area contributed by atoms with Crippen molar-refractivity contribution in [2.24, 2.45) is 0 Å². The number of fused-ring (bicyclic) bond motifs is 1. The van der Waals surface area contributed by atoms with Crippen molar-refractivity contribution in [1.29, 1.82) is 0 Å². The number of amides is 1. The molecule has 2 aromatic heterocycles. The maximum Gasteiger partial charge on any atom is 0.267 e. The van der Waals surface area contributed by atoms with Gasteiger partial charge in [0.05, 0.1) is 31.2 Å². The first kappa shape index (κ1) is 17.2. The van der Waals surface area contributed by atoms with E-state index in [2.05, 4.69) is 10.3 Å². The highest BCUT2D eigenvalue weighted by molar-refractivity contribution is 5.87. The first-order valence-corrected chi connectivity index (χ1v) is 8.89. The van der Waals surface area contributed by atoms with E-state index >= 15 is 0 Å². The number of furan rings is 1. The minimum atomic E-state index is -2.76. The Morgan fingerprint density at radius 1 is 1.46 bits per heavy atom. The Balaban J connectivity index is 1.34. The monoisotopic (exact) mass is 364 g/mol. The fourth-order valence-corrected chi connectivity index (χ4v) is 3.94. The summed E-state index contributed by atoms with van der Waals surface area (Å²) in [6, 6.07) is 1.62. The summed E-state index contributed by atoms with van der Waals surface area (Å²) >= 11 is 0. The Hall–Kier alpha value is -2.22. The van der Waals surface area contributed by atoms with E-state index in [0.29, 0.717) is 6.54 Å². The Kier molecular flexibility index (Phi) is 4.30. The molecule has 8 heteroatoms. The van der Waals surface area contributed by atoms with E-state index in [-0.39, 0.29) is 24.9 Å². The van der Waals surface area contributed by atoms with Gasteiger partial charge < -0.3 is 14.6 Å². The van der Waals surface area contributed by atoms with Gasteiger partial charge in [-0.3, -0.25) is 14.7 Å². The zero-order valence-corrected chi connectivity index (χ0v) is 14.6. The molecule has 2 aliphatic heterocycles. The topological polar surface area (TPSA) is 61.6 Å². The highest BCUT2D eigenvalue weighted by atomic mass is 19.3. The van der Waals surface area contributed by atoms with E-state index in [1.54, 1.807) is 25.6 Å². The number of hydrogen-bond donors (Lipinski definition) is 1. The number of hydrogen-bond acceptors (Lipinski definition) is 5. The molecule has 6 nitrogen and oxygen atoms in total. The highest BCUT2D eigenvalue weighted by Crippen LogP contribution is 2.32. The van der Waals surface area contributed by atoms with E-state index in [9.17, 15) is 13.6 Å². The number of carbonyl (C=O) groups is 1. The number of likely N-dealkylation sites (tertiary alicyclic amines) is 2. The lowest BCUT2D eigenvalue weighted by molar-refractivity contribution is -0.134. The Bertz CT molecular complexity index is 809. The van der Waals surface area contributed by atoms with Gasteiger partial charge in [-0.05, 0) is 19.4 Å². The molecule has 0 aromatic carbocycles. The molecule has 1 amide bonds. The first-order chi connectivity index (χ1) is 12.4. The molecule has 0 unspecified atom stereocenters. The van der Waals surface area contributed by atoms with Crippen molar-refractivity contribution in [2.45, 2.75) is 37.8 Å². The summed E-state index contributed by atoms with van der Waals surface area (Å²) in [4.78, 5) is 19.9. The molecule has 0 aliphatic carbocycles. The number of pyridine rings is 1. The second kappa shape index (κ2) is 6.50. The predicted octanol–water partition coefficient (Wildman–Crippen LogP) is 2.57. The number of aromatic nitrogens is 1. The summed E-state index contributed by atoms with van der Waals surface area (Å²) in [7, 11) is 0. The summed E-state index contributed by atoms with van der Waals surface area (Å²) in [5, 5.41) is 4.36. The number of alkyl halides is 2. The normalized spacial score (nSPS) is 25.9. The van der Waals surface area contributed by atoms with E-state index in [4.69, 9.17) is 4.42 Å². The van der Waals surface area contributed by atoms with E-state index < -0.39 is 18.5 Å². The van der Waals surface area contributed by atoms with Gasteiger partial charge in [0, 0.05) is 43.2 Å². The minimum Gasteiger partial charge on any atom is -0.462 e. The van der Waals surface area contributed by atoms with E-state index in [1.165, 1.54) is 4.90 Å². The predicted molar refractivity (Wildman–Crippen MR) is 93.2 cm³/mol. The maximum atomic E-state index is 13.5. The number of carbonyl (C=O) groups excluding carboxylic acids is 1. The van der Waals surface area contributed by atoms with Crippen LogP contribution in [0.1, 0.15) is 19.8 Å². The van der Waals surface area contributed by atoms with Gasteiger partial charge in [0.15, 0.2) is 5.58 Å². The van der Waals surface area contributed by atoms with Crippen LogP contribution in [-0.2, 0) is 4.79 Å². The van der Waals surface area contributed by atoms with Crippen LogP contribution in [0, 0.1) is 0 Å². The van der Waals surface area contributed by atoms with Gasteiger partial charge >= 0.3 is 0 Å². The molecule has 0 radical (unpaired) electrons. The van der Waals surface area contributed by atoms with Crippen molar-refractivity contribution >= 4 is 22.6 Å². The molecular formula is C18H22F2N4O2. The zero-order chi connectivity index (χ0) is 18.3. The molecule has 2 aromatic rings. The number of rotatable bonds is 4. The zero-order valence-electron chi connectivity index (χ0n) is 14.6. The van der Waals surface area contributed by atoms with Crippen molar-refractivity contribution in [3.05, 3.63) is 24.7 Å². The average molecular weight is 364 g/mol. The Morgan fingerprint density at radius 3 is 3.08 bits per heavy atom. The molecule has 0 bridgehead atoms. The standard InChI is InChI=1S/C18H22F2N4O2/c1-12-6-18(19,20)11-24(12)16(25)10-23-4-2-14(9-23)22-15-8-21-7-13-3-5-26-17(13)15/h3,5,7-8,12,14,22H,2,4,6,9-11H2,1H3/t12-,14+/m1/s1. The van der Waals surface area contributed by atoms with Crippen LogP contribution in [0.2, 0.25) is 0 Å². The molecule has 2 fully saturated rings. The van der Waals surface area contributed by atoms with Crippen LogP contribution in [0.5, 0.6) is 0 Å². The molecule has 2 atom stereocenters. The summed E-state index contributed by atoms with van der Waals surface area (Å²) < 4.78 is 32.5. The lowest BCUT2D eigenvalue weighted by atomic mass is 10.2. The second-order valence-electron chi connectivity index (χ2n) is 7.32. The van der Waals surface area contributed by atoms with Crippen molar-refractivity contribution < 1.29 is 18.0 Å². The fraction of sp³-hybridized carbons (Fsp3) is 0.556. The van der Waals surface area contributed by atoms with E-state index in [1.807, 2.05) is 11.0 Å². The van der Waals surface area contributed by atoms with Crippen LogP contribution in [0.3, 0.4) is 0 Å². The maximum absolute atomic E-state index is 13.5. The SMILES string of the molecule is C[C@@H]1CC(F)(F)CN1C(=O)CN1CC[C@H](Nc2cncc3ccoc23)C1. The van der Waals surface area contributed by atoms with Gasteiger partial charge in [0.1, 0.15) is 0 Å². The van der Waals surface area contributed by atoms with Crippen LogP contribution in [0.15, 0.2) is 29.1 Å². The van der Waals surface area contributed by atoms with Crippen molar-refractivity contribution in [3.63, 3.8) is 0 Å². The summed E-state index contributed by atoms with van der Waals surface area (Å²) in [5.74, 6) is -2.98. The van der Waals surface area contributed by atoms with Gasteiger partial charge in [-0.25, -0.2) is 8.78 Å². The molecule has 140 valence electrons. The summed E-state index contributed by atoms with van der Waals surface area (Å²) in [6.45, 7) is 2.84. The lowest BCUT2D eigenvalue weighted by Crippen LogP contribution is -2.42. The van der Waals surface area contributed by atoms with Gasteiger partial charge in [0.25, 0.3) is 5.92 Å². The quantitative estimate of drug-likeness (QED) is 0.904. The van der Waals surface area contributed by atoms with Crippen molar-refractivity contribution in [1.82, 2.24) is 14.8 Å². The van der Waals surface area contributed by atoms with Crippen LogP contribution in [0.25, 0.3) is 11.0 Å². The third-order valence-electron chi connectivity index (χ3n) is 5.20. The molecule has 4 heterocycles. The van der Waals surface area contributed by atoms with Crippen LogP contribution in [-0.4, -0.2) is 64.9 Å². The molecule has 2 aliphatic rings. The summed E-state index contributed by atoms with van der Waals surface area (Å²) in [5.41, 5.74) is 1.60. The molecular weight excluding hydrogens is 342 g/mol. The fourth-order valence-electron chi connectivity index (χ4n) is 3.94. The lowest BCUT2D eigenvalue weighted by Gasteiger charge is -2.24. The highest BCUT2D eigenvalue weighted by Gasteiger charge is 2.45. The van der Waals surface area contributed by atoms with E-state index in [0.717, 1.165) is 29.6 Å². The Morgan fingerprint density at radius 2 is 2.31 bits per heavy atom. The largest absolute Gasteiger partial charge is 0.462 e. The van der Waals surface area contributed by atoms with Gasteiger partial charge in [0.2, 0.25) is 5.91 Å². The molecule has 0 saturated carbocycles. The van der Waals surface area contributed by atoms with Crippen molar-refractivity contribution in [2.75, 3.05) is 31.5 Å². The van der Waals surface area contributed by atoms with Crippen LogP contribution < -0.4 is 5.32 Å². The first-order valence-electron chi connectivity index (χ1n) is 8.89. The minimum absolute atomic E-state index is 0.165. The third-order valence-corrected chi connectivity index (χ3v) is 5.20. The smallest absolute Gasteiger partial charge is 0.267 e. The number of halogens is 2. The molecule has 26 heavy (non-hydrogen) atoms. The molecule has 4 rings (SSSR count). The number of nitrogens with one attached hydrogen (secondary N) is 1. The van der Waals surface area contributed by atoms with Crippen molar-refractivity contribution in [3.8, 4) is 0 Å². The third kappa shape index (κ3) is 3.38. The van der Waals surface area contributed by atoms with Crippen LogP contribution in [0.4, 0.5) is 14.5 Å². The molecule has 1 N–H and O–H groups in total. The van der Waals surface area contributed by atoms with Gasteiger partial charge in [-0.15, -0.1) is 0 Å². The van der Waals surface area contributed by atoms with Crippen LogP contribution >= 0.6 is 0 Å². The molecule has 0 spiro atoms. The van der Waals surface area contributed by atoms with Gasteiger partial charge in [-0.1, -0.05) is 0 Å². The number of nitrogens with zero attached hydrogens (tertiary/aromatic N) is 3. The van der Waals surface area contributed by atoms with Gasteiger partial charge in [-0.2, -0.15) is 0 Å². The second-order valence-corrected chi connectivity index (χ2v) is 7.32. The molecule has 2 saturated heterocycles. The summed E-state index contributed by atoms with van der Waals surface area (Å²) in [6.07, 6.45) is 5.73. The average Bonchev–Trinajstić information content (AvgIpc) is 3.27. The number of anilines is 1. The Labute approximate surface area is 150 Å².